The van der Waals surface area contributed by atoms with Crippen LogP contribution in [0.15, 0.2) is 11.6 Å². The molecule has 90 valence electrons. The van der Waals surface area contributed by atoms with E-state index in [4.69, 9.17) is 4.74 Å². The van der Waals surface area contributed by atoms with Crippen molar-refractivity contribution in [3.8, 4) is 0 Å². The lowest BCUT2D eigenvalue weighted by molar-refractivity contribution is -0.142. The van der Waals surface area contributed by atoms with Crippen molar-refractivity contribution < 1.29 is 9.53 Å². The molecule has 0 bridgehead atoms. The maximum Gasteiger partial charge on any atom is 0.302 e. The van der Waals surface area contributed by atoms with E-state index in [-0.39, 0.29) is 5.97 Å². The number of ether oxygens (including phenoxy) is 1. The smallest absolute Gasteiger partial charge is 0.302 e. The van der Waals surface area contributed by atoms with E-state index in [1.54, 1.807) is 0 Å². The Morgan fingerprint density at radius 3 is 2.81 bits per heavy atom. The van der Waals surface area contributed by atoms with E-state index in [0.29, 0.717) is 16.6 Å². The van der Waals surface area contributed by atoms with Crippen molar-refractivity contribution in [3.63, 3.8) is 0 Å². The molecule has 1 fully saturated rings. The molecule has 1 aliphatic heterocycles. The molecule has 2 nitrogen and oxygen atoms in total. The number of thioether (sulfide) groups is 2. The van der Waals surface area contributed by atoms with Gasteiger partial charge in [-0.3, -0.25) is 4.79 Å². The van der Waals surface area contributed by atoms with Crippen molar-refractivity contribution in [3.05, 3.63) is 11.6 Å². The fourth-order valence-electron chi connectivity index (χ4n) is 2.27. The van der Waals surface area contributed by atoms with Crippen molar-refractivity contribution in [1.29, 1.82) is 0 Å². The van der Waals surface area contributed by atoms with Gasteiger partial charge in [0.25, 0.3) is 0 Å². The van der Waals surface area contributed by atoms with Crippen LogP contribution in [-0.4, -0.2) is 28.2 Å². The highest BCUT2D eigenvalue weighted by Crippen LogP contribution is 2.52. The van der Waals surface area contributed by atoms with Gasteiger partial charge in [0.15, 0.2) is 0 Å². The standard InChI is InChI=1S/C12H18O2S2/c1-9-7-12(15-5-6-16-12)4-3-11(9)8-14-10(2)13/h7,11H,3-6,8H2,1-2H3. The molecular weight excluding hydrogens is 240 g/mol. The van der Waals surface area contributed by atoms with Gasteiger partial charge in [-0.25, -0.2) is 0 Å². The third kappa shape index (κ3) is 2.77. The maximum atomic E-state index is 10.8. The molecule has 1 aliphatic carbocycles. The summed E-state index contributed by atoms with van der Waals surface area (Å²) >= 11 is 4.15. The van der Waals surface area contributed by atoms with Crippen molar-refractivity contribution in [2.45, 2.75) is 30.8 Å². The summed E-state index contributed by atoms with van der Waals surface area (Å²) in [6.45, 7) is 4.21. The summed E-state index contributed by atoms with van der Waals surface area (Å²) in [5.41, 5.74) is 1.40. The van der Waals surface area contributed by atoms with Gasteiger partial charge in [0.1, 0.15) is 0 Å². The molecule has 4 heteroatoms. The van der Waals surface area contributed by atoms with E-state index < -0.39 is 0 Å². The minimum absolute atomic E-state index is 0.169. The molecule has 16 heavy (non-hydrogen) atoms. The summed E-state index contributed by atoms with van der Waals surface area (Å²) in [4.78, 5) is 10.8. The summed E-state index contributed by atoms with van der Waals surface area (Å²) in [5, 5.41) is 0. The van der Waals surface area contributed by atoms with Crippen molar-refractivity contribution in [2.75, 3.05) is 18.1 Å². The van der Waals surface area contributed by atoms with E-state index >= 15 is 0 Å². The van der Waals surface area contributed by atoms with Gasteiger partial charge in [-0.05, 0) is 19.8 Å². The van der Waals surface area contributed by atoms with Gasteiger partial charge in [-0.2, -0.15) is 0 Å². The first-order valence-electron chi connectivity index (χ1n) is 5.72. The van der Waals surface area contributed by atoms with Crippen LogP contribution in [0, 0.1) is 5.92 Å². The molecule has 1 unspecified atom stereocenters. The molecule has 0 radical (unpaired) electrons. The van der Waals surface area contributed by atoms with Crippen LogP contribution in [0.1, 0.15) is 26.7 Å². The Bertz CT molecular complexity index is 306. The molecule has 1 heterocycles. The predicted octanol–water partition coefficient (Wildman–Crippen LogP) is 3.08. The maximum absolute atomic E-state index is 10.8. The quantitative estimate of drug-likeness (QED) is 0.561. The lowest BCUT2D eigenvalue weighted by Gasteiger charge is -2.33. The van der Waals surface area contributed by atoms with E-state index in [1.165, 1.54) is 30.4 Å². The van der Waals surface area contributed by atoms with Gasteiger partial charge in [0.05, 0.1) is 10.7 Å². The second-order valence-corrected chi connectivity index (χ2v) is 7.54. The second kappa shape index (κ2) is 5.05. The topological polar surface area (TPSA) is 26.3 Å². The summed E-state index contributed by atoms with van der Waals surface area (Å²) in [5.74, 6) is 2.81. The SMILES string of the molecule is CC(=O)OCC1CCC2(C=C1C)SCCS2. The average molecular weight is 258 g/mol. The predicted molar refractivity (Wildman–Crippen MR) is 70.8 cm³/mol. The first-order valence-corrected chi connectivity index (χ1v) is 7.69. The van der Waals surface area contributed by atoms with Crippen LogP contribution in [0.25, 0.3) is 0 Å². The molecule has 0 aromatic carbocycles. The summed E-state index contributed by atoms with van der Waals surface area (Å²) in [6.07, 6.45) is 4.77. The van der Waals surface area contributed by atoms with Crippen LogP contribution in [0.5, 0.6) is 0 Å². The van der Waals surface area contributed by atoms with Gasteiger partial charge >= 0.3 is 5.97 Å². The highest BCUT2D eigenvalue weighted by atomic mass is 32.2. The van der Waals surface area contributed by atoms with Gasteiger partial charge < -0.3 is 4.74 Å². The third-order valence-corrected chi connectivity index (χ3v) is 6.60. The minimum atomic E-state index is -0.169. The zero-order chi connectivity index (χ0) is 11.6. The molecular formula is C12H18O2S2. The molecule has 0 amide bonds. The number of carbonyl (C=O) groups is 1. The largest absolute Gasteiger partial charge is 0.465 e. The molecule has 0 aromatic heterocycles. The van der Waals surface area contributed by atoms with Gasteiger partial charge in [0.2, 0.25) is 0 Å². The van der Waals surface area contributed by atoms with Crippen LogP contribution in [-0.2, 0) is 9.53 Å². The lowest BCUT2D eigenvalue weighted by Crippen LogP contribution is -2.25. The van der Waals surface area contributed by atoms with E-state index in [2.05, 4.69) is 36.5 Å². The molecule has 1 spiro atoms. The first kappa shape index (κ1) is 12.4. The Kier molecular flexibility index (Phi) is 3.90. The highest BCUT2D eigenvalue weighted by molar-refractivity contribution is 8.21. The molecule has 1 atom stereocenters. The number of hydrogen-bond donors (Lipinski definition) is 0. The van der Waals surface area contributed by atoms with Crippen LogP contribution in [0.2, 0.25) is 0 Å². The molecule has 0 saturated carbocycles. The monoisotopic (exact) mass is 258 g/mol. The lowest BCUT2D eigenvalue weighted by atomic mass is 9.89. The van der Waals surface area contributed by atoms with Crippen LogP contribution in [0.3, 0.4) is 0 Å². The Morgan fingerprint density at radius 2 is 2.25 bits per heavy atom. The molecule has 2 aliphatic rings. The van der Waals surface area contributed by atoms with Gasteiger partial charge in [-0.15, -0.1) is 23.5 Å². The van der Waals surface area contributed by atoms with Gasteiger partial charge in [-0.1, -0.05) is 11.6 Å². The zero-order valence-electron chi connectivity index (χ0n) is 9.82. The van der Waals surface area contributed by atoms with Crippen LogP contribution >= 0.6 is 23.5 Å². The minimum Gasteiger partial charge on any atom is -0.465 e. The molecule has 0 N–H and O–H groups in total. The summed E-state index contributed by atoms with van der Waals surface area (Å²) in [7, 11) is 0. The normalized spacial score (nSPS) is 27.9. The molecule has 1 saturated heterocycles. The van der Waals surface area contributed by atoms with Gasteiger partial charge in [0, 0.05) is 24.3 Å². The van der Waals surface area contributed by atoms with E-state index in [1.807, 2.05) is 0 Å². The van der Waals surface area contributed by atoms with Crippen molar-refractivity contribution in [2.24, 2.45) is 5.92 Å². The average Bonchev–Trinajstić information content (AvgIpc) is 2.65. The Labute approximate surface area is 106 Å². The summed E-state index contributed by atoms with van der Waals surface area (Å²) in [6, 6.07) is 0. The Hall–Kier alpha value is -0.0900. The third-order valence-electron chi connectivity index (χ3n) is 3.20. The molecule has 2 rings (SSSR count). The van der Waals surface area contributed by atoms with Crippen molar-refractivity contribution in [1.82, 2.24) is 0 Å². The number of esters is 1. The van der Waals surface area contributed by atoms with Crippen LogP contribution < -0.4 is 0 Å². The number of rotatable bonds is 2. The number of hydrogen-bond acceptors (Lipinski definition) is 4. The fourth-order valence-corrected chi connectivity index (χ4v) is 5.52. The second-order valence-electron chi connectivity index (χ2n) is 4.44. The van der Waals surface area contributed by atoms with E-state index in [9.17, 15) is 4.79 Å². The molecule has 0 aromatic rings. The fraction of sp³-hybridized carbons (Fsp3) is 0.750. The van der Waals surface area contributed by atoms with E-state index in [0.717, 1.165) is 6.42 Å². The van der Waals surface area contributed by atoms with Crippen LogP contribution in [0.4, 0.5) is 0 Å². The highest BCUT2D eigenvalue weighted by Gasteiger charge is 2.37. The Balaban J connectivity index is 1.97. The first-order chi connectivity index (χ1) is 7.61. The summed E-state index contributed by atoms with van der Waals surface area (Å²) < 4.78 is 5.45. The Morgan fingerprint density at radius 1 is 1.56 bits per heavy atom. The van der Waals surface area contributed by atoms with Crippen molar-refractivity contribution >= 4 is 29.5 Å². The number of carbonyl (C=O) groups excluding carboxylic acids is 1. The zero-order valence-corrected chi connectivity index (χ0v) is 11.5.